The van der Waals surface area contributed by atoms with Crippen LogP contribution < -0.4 is 4.90 Å². The third kappa shape index (κ3) is 3.19. The molecule has 5 nitrogen and oxygen atoms in total. The van der Waals surface area contributed by atoms with E-state index in [1.807, 2.05) is 12.1 Å². The van der Waals surface area contributed by atoms with E-state index in [2.05, 4.69) is 16.9 Å². The van der Waals surface area contributed by atoms with Gasteiger partial charge in [0.25, 0.3) is 5.91 Å². The normalized spacial score (nSPS) is 19.7. The molecule has 1 aromatic heterocycles. The predicted molar refractivity (Wildman–Crippen MR) is 105 cm³/mol. The van der Waals surface area contributed by atoms with Gasteiger partial charge in [-0.2, -0.15) is 0 Å². The molecule has 1 aliphatic rings. The van der Waals surface area contributed by atoms with Crippen LogP contribution in [0, 0.1) is 11.7 Å². The Morgan fingerprint density at radius 3 is 2.79 bits per heavy atom. The first-order chi connectivity index (χ1) is 13.6. The predicted octanol–water partition coefficient (Wildman–Crippen LogP) is 4.56. The van der Waals surface area contributed by atoms with Crippen molar-refractivity contribution in [1.29, 1.82) is 0 Å². The van der Waals surface area contributed by atoms with Gasteiger partial charge in [-0.3, -0.25) is 14.5 Å². The summed E-state index contributed by atoms with van der Waals surface area (Å²) in [6.45, 7) is 2.09. The zero-order valence-corrected chi connectivity index (χ0v) is 15.7. The first-order valence-electron chi connectivity index (χ1n) is 9.66. The second kappa shape index (κ2) is 7.54. The van der Waals surface area contributed by atoms with Gasteiger partial charge in [0.15, 0.2) is 0 Å². The minimum atomic E-state index is -0.533. The highest BCUT2D eigenvalue weighted by atomic mass is 19.1. The fraction of sp³-hybridized carbons (Fsp3) is 0.318. The summed E-state index contributed by atoms with van der Waals surface area (Å²) in [7, 11) is 0. The first-order valence-corrected chi connectivity index (χ1v) is 9.66. The van der Waals surface area contributed by atoms with Crippen LogP contribution in [0.1, 0.15) is 44.2 Å². The van der Waals surface area contributed by atoms with Crippen LogP contribution in [0.3, 0.4) is 0 Å². The lowest BCUT2D eigenvalue weighted by Crippen LogP contribution is -2.29. The number of hydrogen-bond donors (Lipinski definition) is 1. The third-order valence-electron chi connectivity index (χ3n) is 5.42. The minimum Gasteiger partial charge on any atom is -0.345 e. The SMILES string of the molecule is CCCCCC1C(=O)C(=O)N(c2ccc3nc[nH]c3c2)C1c1cccc(F)c1. The molecule has 144 valence electrons. The Labute approximate surface area is 162 Å². The van der Waals surface area contributed by atoms with Crippen LogP contribution in [0.15, 0.2) is 48.8 Å². The summed E-state index contributed by atoms with van der Waals surface area (Å²) >= 11 is 0. The van der Waals surface area contributed by atoms with E-state index in [9.17, 15) is 14.0 Å². The molecule has 1 saturated heterocycles. The fourth-order valence-electron chi connectivity index (χ4n) is 4.05. The number of fused-ring (bicyclic) bond motifs is 1. The number of unbranched alkanes of at least 4 members (excludes halogenated alkanes) is 2. The maximum Gasteiger partial charge on any atom is 0.295 e. The van der Waals surface area contributed by atoms with Crippen LogP contribution >= 0.6 is 0 Å². The number of hydrogen-bond acceptors (Lipinski definition) is 3. The minimum absolute atomic E-state index is 0.374. The van der Waals surface area contributed by atoms with Crippen LogP contribution in [0.25, 0.3) is 11.0 Å². The van der Waals surface area contributed by atoms with Gasteiger partial charge < -0.3 is 4.98 Å². The van der Waals surface area contributed by atoms with Gasteiger partial charge in [0.1, 0.15) is 5.82 Å². The number of carbonyl (C=O) groups excluding carboxylic acids is 2. The fourth-order valence-corrected chi connectivity index (χ4v) is 4.05. The van der Waals surface area contributed by atoms with Crippen LogP contribution in [-0.2, 0) is 9.59 Å². The molecule has 2 atom stereocenters. The number of ketones is 1. The van der Waals surface area contributed by atoms with E-state index in [1.54, 1.807) is 24.5 Å². The highest BCUT2D eigenvalue weighted by Crippen LogP contribution is 2.42. The van der Waals surface area contributed by atoms with E-state index < -0.39 is 23.7 Å². The van der Waals surface area contributed by atoms with Crippen molar-refractivity contribution in [2.75, 3.05) is 4.90 Å². The number of aromatic nitrogens is 2. The molecule has 1 amide bonds. The average Bonchev–Trinajstić information content (AvgIpc) is 3.25. The van der Waals surface area contributed by atoms with Crippen molar-refractivity contribution in [3.63, 3.8) is 0 Å². The zero-order valence-electron chi connectivity index (χ0n) is 15.7. The monoisotopic (exact) mass is 379 g/mol. The highest BCUT2D eigenvalue weighted by Gasteiger charge is 2.48. The number of Topliss-reactive ketones (excluding diaryl/α,β-unsaturated/α-hetero) is 1. The van der Waals surface area contributed by atoms with Crippen molar-refractivity contribution in [1.82, 2.24) is 9.97 Å². The van der Waals surface area contributed by atoms with Gasteiger partial charge in [-0.05, 0) is 42.3 Å². The molecule has 0 radical (unpaired) electrons. The number of H-pyrrole nitrogens is 1. The number of halogens is 1. The molecule has 1 aliphatic heterocycles. The Balaban J connectivity index is 1.79. The number of rotatable bonds is 6. The van der Waals surface area contributed by atoms with Crippen molar-refractivity contribution < 1.29 is 14.0 Å². The molecule has 0 aliphatic carbocycles. The summed E-state index contributed by atoms with van der Waals surface area (Å²) in [4.78, 5) is 34.6. The van der Waals surface area contributed by atoms with Gasteiger partial charge >= 0.3 is 0 Å². The lowest BCUT2D eigenvalue weighted by molar-refractivity contribution is -0.135. The lowest BCUT2D eigenvalue weighted by Gasteiger charge is -2.28. The van der Waals surface area contributed by atoms with E-state index in [0.717, 1.165) is 30.3 Å². The molecule has 1 N–H and O–H groups in total. The van der Waals surface area contributed by atoms with E-state index in [0.29, 0.717) is 17.7 Å². The summed E-state index contributed by atoms with van der Waals surface area (Å²) in [6.07, 6.45) is 5.08. The molecule has 3 aromatic rings. The zero-order chi connectivity index (χ0) is 19.7. The summed E-state index contributed by atoms with van der Waals surface area (Å²) in [5, 5.41) is 0. The van der Waals surface area contributed by atoms with Gasteiger partial charge in [0, 0.05) is 5.69 Å². The Kier molecular flexibility index (Phi) is 4.94. The molecule has 6 heteroatoms. The molecule has 28 heavy (non-hydrogen) atoms. The molecule has 0 bridgehead atoms. The second-order valence-corrected chi connectivity index (χ2v) is 7.25. The molecule has 1 fully saturated rings. The van der Waals surface area contributed by atoms with Gasteiger partial charge in [0.2, 0.25) is 5.78 Å². The maximum absolute atomic E-state index is 13.9. The summed E-state index contributed by atoms with van der Waals surface area (Å²) in [6, 6.07) is 11.1. The number of nitrogens with one attached hydrogen (secondary N) is 1. The highest BCUT2D eigenvalue weighted by molar-refractivity contribution is 6.45. The molecule has 4 rings (SSSR count). The third-order valence-corrected chi connectivity index (χ3v) is 5.42. The topological polar surface area (TPSA) is 66.1 Å². The Bertz CT molecular complexity index is 1030. The van der Waals surface area contributed by atoms with Crippen LogP contribution in [0.2, 0.25) is 0 Å². The Morgan fingerprint density at radius 2 is 2.00 bits per heavy atom. The van der Waals surface area contributed by atoms with Gasteiger partial charge in [-0.1, -0.05) is 38.3 Å². The molecule has 2 heterocycles. The molecule has 2 aromatic carbocycles. The van der Waals surface area contributed by atoms with Crippen LogP contribution in [0.4, 0.5) is 10.1 Å². The van der Waals surface area contributed by atoms with Gasteiger partial charge in [-0.25, -0.2) is 9.37 Å². The van der Waals surface area contributed by atoms with Crippen molar-refractivity contribution >= 4 is 28.4 Å². The number of nitrogens with zero attached hydrogens (tertiary/aromatic N) is 2. The van der Waals surface area contributed by atoms with E-state index in [-0.39, 0.29) is 5.82 Å². The average molecular weight is 379 g/mol. The second-order valence-electron chi connectivity index (χ2n) is 7.25. The summed E-state index contributed by atoms with van der Waals surface area (Å²) in [5.74, 6) is -1.77. The smallest absolute Gasteiger partial charge is 0.295 e. The molecule has 0 spiro atoms. The number of imidazole rings is 1. The van der Waals surface area contributed by atoms with Gasteiger partial charge in [0.05, 0.1) is 29.3 Å². The largest absolute Gasteiger partial charge is 0.345 e. The van der Waals surface area contributed by atoms with Crippen molar-refractivity contribution in [3.05, 3.63) is 60.2 Å². The molecule has 0 saturated carbocycles. The summed E-state index contributed by atoms with van der Waals surface area (Å²) < 4.78 is 13.9. The number of amides is 1. The molecule has 2 unspecified atom stereocenters. The van der Waals surface area contributed by atoms with E-state index in [4.69, 9.17) is 0 Å². The number of benzene rings is 2. The Morgan fingerprint density at radius 1 is 1.14 bits per heavy atom. The first kappa shape index (κ1) is 18.3. The maximum atomic E-state index is 13.9. The van der Waals surface area contributed by atoms with E-state index in [1.165, 1.54) is 17.0 Å². The molecular weight excluding hydrogens is 357 g/mol. The van der Waals surface area contributed by atoms with Crippen molar-refractivity contribution in [2.24, 2.45) is 5.92 Å². The number of anilines is 1. The van der Waals surface area contributed by atoms with Crippen LogP contribution in [0.5, 0.6) is 0 Å². The summed E-state index contributed by atoms with van der Waals surface area (Å²) in [5.41, 5.74) is 2.82. The quantitative estimate of drug-likeness (QED) is 0.504. The van der Waals surface area contributed by atoms with Crippen molar-refractivity contribution in [2.45, 2.75) is 38.6 Å². The van der Waals surface area contributed by atoms with Gasteiger partial charge in [-0.15, -0.1) is 0 Å². The Hall–Kier alpha value is -3.02. The lowest BCUT2D eigenvalue weighted by atomic mass is 9.88. The standard InChI is InChI=1S/C22H22FN3O2/c1-2-3-4-8-17-20(14-6-5-7-15(23)11-14)26(22(28)21(17)27)16-9-10-18-19(12-16)25-13-24-18/h5-7,9-13,17,20H,2-4,8H2,1H3,(H,24,25). The van der Waals surface area contributed by atoms with Crippen LogP contribution in [-0.4, -0.2) is 21.7 Å². The molecular formula is C22H22FN3O2. The number of carbonyl (C=O) groups is 2. The van der Waals surface area contributed by atoms with E-state index >= 15 is 0 Å². The number of aromatic amines is 1. The van der Waals surface area contributed by atoms with Crippen molar-refractivity contribution in [3.8, 4) is 0 Å².